The van der Waals surface area contributed by atoms with Crippen LogP contribution in [-0.2, 0) is 6.54 Å². The second-order valence-corrected chi connectivity index (χ2v) is 9.51. The van der Waals surface area contributed by atoms with Gasteiger partial charge in [-0.1, -0.05) is 32.5 Å². The van der Waals surface area contributed by atoms with E-state index in [-0.39, 0.29) is 5.91 Å². The molecule has 0 aromatic carbocycles. The van der Waals surface area contributed by atoms with Gasteiger partial charge in [0.05, 0.1) is 28.8 Å². The van der Waals surface area contributed by atoms with E-state index >= 15 is 0 Å². The maximum atomic E-state index is 12.4. The molecule has 8 nitrogen and oxygen atoms in total. The molecule has 0 bridgehead atoms. The highest BCUT2D eigenvalue weighted by Crippen LogP contribution is 2.24. The molecular weight excluding hydrogens is 406 g/mol. The molecule has 3 aromatic heterocycles. The predicted octanol–water partition coefficient (Wildman–Crippen LogP) is 3.51. The Morgan fingerprint density at radius 3 is 2.72 bits per heavy atom. The van der Waals surface area contributed by atoms with Crippen molar-refractivity contribution in [1.82, 2.24) is 30.0 Å². The number of thiazole rings is 1. The van der Waals surface area contributed by atoms with Crippen molar-refractivity contribution in [1.29, 1.82) is 0 Å². The molecule has 10 heteroatoms. The highest BCUT2D eigenvalue weighted by Gasteiger charge is 2.15. The molecular formula is C19H27N7OS2. The normalized spacial score (nSPS) is 11.4. The van der Waals surface area contributed by atoms with Crippen molar-refractivity contribution in [3.05, 3.63) is 21.8 Å². The summed E-state index contributed by atoms with van der Waals surface area (Å²) in [6.07, 6.45) is 1.79. The quantitative estimate of drug-likeness (QED) is 0.394. The first kappa shape index (κ1) is 21.5. The molecule has 3 rings (SSSR count). The van der Waals surface area contributed by atoms with Gasteiger partial charge in [0, 0.05) is 13.1 Å². The van der Waals surface area contributed by atoms with Crippen LogP contribution < -0.4 is 10.6 Å². The molecule has 3 heterocycles. The van der Waals surface area contributed by atoms with Crippen molar-refractivity contribution >= 4 is 45.9 Å². The molecule has 0 unspecified atom stereocenters. The van der Waals surface area contributed by atoms with Crippen LogP contribution in [0.3, 0.4) is 0 Å². The minimum atomic E-state index is -0.0966. The summed E-state index contributed by atoms with van der Waals surface area (Å²) < 4.78 is 1.82. The number of nitrogens with one attached hydrogen (secondary N) is 2. The van der Waals surface area contributed by atoms with Crippen molar-refractivity contribution in [3.63, 3.8) is 0 Å². The van der Waals surface area contributed by atoms with Crippen molar-refractivity contribution in [2.75, 3.05) is 24.2 Å². The van der Waals surface area contributed by atoms with Gasteiger partial charge in [-0.3, -0.25) is 4.79 Å². The van der Waals surface area contributed by atoms with Gasteiger partial charge >= 0.3 is 0 Å². The number of aromatic nitrogens is 5. The number of nitrogens with zero attached hydrogens (tertiary/aromatic N) is 5. The number of rotatable bonds is 9. The second-order valence-electron chi connectivity index (χ2n) is 7.07. The van der Waals surface area contributed by atoms with Gasteiger partial charge in [-0.2, -0.15) is 5.10 Å². The van der Waals surface area contributed by atoms with E-state index in [0.717, 1.165) is 45.0 Å². The van der Waals surface area contributed by atoms with E-state index in [9.17, 15) is 4.79 Å². The van der Waals surface area contributed by atoms with Crippen LogP contribution in [0.15, 0.2) is 11.4 Å². The monoisotopic (exact) mass is 433 g/mol. The first-order chi connectivity index (χ1) is 13.9. The van der Waals surface area contributed by atoms with Gasteiger partial charge in [0.25, 0.3) is 5.91 Å². The second kappa shape index (κ2) is 9.53. The number of carbonyl (C=O) groups is 1. The topological polar surface area (TPSA) is 97.6 Å². The fourth-order valence-corrected chi connectivity index (χ4v) is 4.23. The lowest BCUT2D eigenvalue weighted by Gasteiger charge is -2.11. The first-order valence-corrected chi connectivity index (χ1v) is 11.5. The molecule has 2 N–H and O–H groups in total. The van der Waals surface area contributed by atoms with Gasteiger partial charge in [0.1, 0.15) is 10.7 Å². The third-order valence-corrected chi connectivity index (χ3v) is 5.95. The highest BCUT2D eigenvalue weighted by atomic mass is 32.2. The zero-order valence-corrected chi connectivity index (χ0v) is 19.1. The van der Waals surface area contributed by atoms with Gasteiger partial charge in [-0.05, 0) is 25.5 Å². The van der Waals surface area contributed by atoms with Crippen LogP contribution in [0.5, 0.6) is 0 Å². The summed E-state index contributed by atoms with van der Waals surface area (Å²) in [5.41, 5.74) is 1.55. The Balaban J connectivity index is 1.75. The lowest BCUT2D eigenvalue weighted by molar-refractivity contribution is 0.0955. The zero-order valence-electron chi connectivity index (χ0n) is 17.4. The SMILES string of the molecule is CCSc1nc(NCC(C)C)c2cnn(CCNC(=O)c3sc(C)nc3C)c2n1. The van der Waals surface area contributed by atoms with E-state index < -0.39 is 0 Å². The Hall–Kier alpha value is -2.20. The van der Waals surface area contributed by atoms with Gasteiger partial charge in [0.2, 0.25) is 0 Å². The first-order valence-electron chi connectivity index (χ1n) is 9.71. The molecule has 0 aliphatic heterocycles. The molecule has 0 atom stereocenters. The number of fused-ring (bicyclic) bond motifs is 1. The molecule has 0 aliphatic rings. The summed E-state index contributed by atoms with van der Waals surface area (Å²) in [5, 5.41) is 13.4. The average Bonchev–Trinajstić information content (AvgIpc) is 3.22. The summed E-state index contributed by atoms with van der Waals surface area (Å²) in [5.74, 6) is 2.12. The smallest absolute Gasteiger partial charge is 0.263 e. The van der Waals surface area contributed by atoms with Crippen molar-refractivity contribution in [2.24, 2.45) is 5.92 Å². The zero-order chi connectivity index (χ0) is 21.0. The van der Waals surface area contributed by atoms with Crippen LogP contribution in [0.25, 0.3) is 11.0 Å². The fourth-order valence-electron chi connectivity index (χ4n) is 2.83. The summed E-state index contributed by atoms with van der Waals surface area (Å²) in [7, 11) is 0. The Labute approximate surface area is 178 Å². The summed E-state index contributed by atoms with van der Waals surface area (Å²) >= 11 is 3.01. The van der Waals surface area contributed by atoms with Gasteiger partial charge in [-0.25, -0.2) is 19.6 Å². The maximum Gasteiger partial charge on any atom is 0.263 e. The molecule has 0 aliphatic carbocycles. The average molecular weight is 434 g/mol. The Morgan fingerprint density at radius 2 is 2.07 bits per heavy atom. The third kappa shape index (κ3) is 5.24. The molecule has 1 amide bonds. The Morgan fingerprint density at radius 1 is 1.28 bits per heavy atom. The van der Waals surface area contributed by atoms with Crippen LogP contribution in [0.1, 0.15) is 41.1 Å². The van der Waals surface area contributed by atoms with Crippen molar-refractivity contribution in [2.45, 2.75) is 46.3 Å². The number of thioether (sulfide) groups is 1. The van der Waals surface area contributed by atoms with Gasteiger partial charge in [0.15, 0.2) is 10.8 Å². The van der Waals surface area contributed by atoms with E-state index in [1.54, 1.807) is 18.0 Å². The van der Waals surface area contributed by atoms with Crippen LogP contribution >= 0.6 is 23.1 Å². The van der Waals surface area contributed by atoms with Crippen molar-refractivity contribution in [3.8, 4) is 0 Å². The summed E-state index contributed by atoms with van der Waals surface area (Å²) in [6, 6.07) is 0. The lowest BCUT2D eigenvalue weighted by atomic mass is 10.2. The molecule has 0 saturated carbocycles. The van der Waals surface area contributed by atoms with Gasteiger partial charge < -0.3 is 10.6 Å². The van der Waals surface area contributed by atoms with E-state index in [4.69, 9.17) is 0 Å². The van der Waals surface area contributed by atoms with E-state index in [2.05, 4.69) is 51.5 Å². The molecule has 0 fully saturated rings. The van der Waals surface area contributed by atoms with E-state index in [1.165, 1.54) is 11.3 Å². The highest BCUT2D eigenvalue weighted by molar-refractivity contribution is 7.99. The number of amides is 1. The summed E-state index contributed by atoms with van der Waals surface area (Å²) in [6.45, 7) is 12.0. The van der Waals surface area contributed by atoms with Crippen LogP contribution in [0, 0.1) is 19.8 Å². The minimum Gasteiger partial charge on any atom is -0.369 e. The molecule has 3 aromatic rings. The fraction of sp³-hybridized carbons (Fsp3) is 0.526. The standard InChI is InChI=1S/C19H27N7OS2/c1-6-28-19-24-16(21-9-11(2)3)14-10-22-26(17(14)25-19)8-7-20-18(27)15-12(4)23-13(5)29-15/h10-11H,6-9H2,1-5H3,(H,20,27)(H,21,24,25). The maximum absolute atomic E-state index is 12.4. The molecule has 0 saturated heterocycles. The molecule has 0 spiro atoms. The van der Waals surface area contributed by atoms with Crippen molar-refractivity contribution < 1.29 is 4.79 Å². The van der Waals surface area contributed by atoms with Crippen LogP contribution in [-0.4, -0.2) is 49.5 Å². The predicted molar refractivity (Wildman–Crippen MR) is 119 cm³/mol. The third-order valence-electron chi connectivity index (χ3n) is 4.15. The van der Waals surface area contributed by atoms with Crippen LogP contribution in [0.4, 0.5) is 5.82 Å². The van der Waals surface area contributed by atoms with Crippen LogP contribution in [0.2, 0.25) is 0 Å². The molecule has 29 heavy (non-hydrogen) atoms. The lowest BCUT2D eigenvalue weighted by Crippen LogP contribution is -2.27. The number of aryl methyl sites for hydroxylation is 2. The number of hydrogen-bond acceptors (Lipinski definition) is 8. The number of hydrogen-bond donors (Lipinski definition) is 2. The Kier molecular flexibility index (Phi) is 7.07. The van der Waals surface area contributed by atoms with Gasteiger partial charge in [-0.15, -0.1) is 11.3 Å². The minimum absolute atomic E-state index is 0.0966. The number of carbonyl (C=O) groups excluding carboxylic acids is 1. The molecule has 156 valence electrons. The largest absolute Gasteiger partial charge is 0.369 e. The molecule has 0 radical (unpaired) electrons. The summed E-state index contributed by atoms with van der Waals surface area (Å²) in [4.78, 5) is 26.7. The Bertz CT molecular complexity index is 996. The number of anilines is 1. The van der Waals surface area contributed by atoms with E-state index in [0.29, 0.717) is 23.9 Å². The van der Waals surface area contributed by atoms with E-state index in [1.807, 2.05) is 18.5 Å².